The van der Waals surface area contributed by atoms with Gasteiger partial charge in [-0.1, -0.05) is 55.7 Å². The minimum atomic E-state index is -3.57. The highest BCUT2D eigenvalue weighted by Crippen LogP contribution is 2.46. The molecule has 0 N–H and O–H groups in total. The predicted octanol–water partition coefficient (Wildman–Crippen LogP) is 4.48. The third kappa shape index (κ3) is 3.79. The number of hydrogen-bond donors (Lipinski definition) is 0. The third-order valence-electron chi connectivity index (χ3n) is 7.27. The lowest BCUT2D eigenvalue weighted by atomic mass is 9.87. The lowest BCUT2D eigenvalue weighted by Crippen LogP contribution is -2.54. The molecule has 7 heteroatoms. The van der Waals surface area contributed by atoms with E-state index in [-0.39, 0.29) is 10.8 Å². The van der Waals surface area contributed by atoms with E-state index in [1.165, 1.54) is 6.42 Å². The SMILES string of the molecule is O=C(C1CCCCC1)N1CCSC12CCN(S(=O)(=O)c1cccc3ccccc13)CC2. The minimum absolute atomic E-state index is 0.168. The highest BCUT2D eigenvalue weighted by atomic mass is 32.2. The summed E-state index contributed by atoms with van der Waals surface area (Å²) >= 11 is 1.86. The van der Waals surface area contributed by atoms with Gasteiger partial charge in [0.15, 0.2) is 0 Å². The van der Waals surface area contributed by atoms with E-state index in [1.54, 1.807) is 10.4 Å². The Morgan fingerprint density at radius 3 is 2.42 bits per heavy atom. The Hall–Kier alpha value is -1.57. The fourth-order valence-electron chi connectivity index (χ4n) is 5.54. The molecule has 0 bridgehead atoms. The zero-order chi connectivity index (χ0) is 21.5. The van der Waals surface area contributed by atoms with Crippen LogP contribution in [-0.2, 0) is 14.8 Å². The highest BCUT2D eigenvalue weighted by molar-refractivity contribution is 8.00. The van der Waals surface area contributed by atoms with Gasteiger partial charge in [0.2, 0.25) is 15.9 Å². The van der Waals surface area contributed by atoms with Gasteiger partial charge in [0.25, 0.3) is 0 Å². The molecule has 31 heavy (non-hydrogen) atoms. The summed E-state index contributed by atoms with van der Waals surface area (Å²) in [5.74, 6) is 1.44. The summed E-state index contributed by atoms with van der Waals surface area (Å²) in [6.45, 7) is 1.73. The number of thioether (sulfide) groups is 1. The Morgan fingerprint density at radius 2 is 1.65 bits per heavy atom. The summed E-state index contributed by atoms with van der Waals surface area (Å²) in [5.41, 5.74) is 0. The summed E-state index contributed by atoms with van der Waals surface area (Å²) in [4.78, 5) is 15.6. The summed E-state index contributed by atoms with van der Waals surface area (Å²) < 4.78 is 28.6. The molecule has 1 aliphatic carbocycles. The average molecular weight is 459 g/mol. The minimum Gasteiger partial charge on any atom is -0.327 e. The largest absolute Gasteiger partial charge is 0.327 e. The van der Waals surface area contributed by atoms with E-state index in [2.05, 4.69) is 4.90 Å². The second-order valence-electron chi connectivity index (χ2n) is 9.00. The van der Waals surface area contributed by atoms with Crippen molar-refractivity contribution in [2.24, 2.45) is 5.92 Å². The van der Waals surface area contributed by atoms with Gasteiger partial charge in [-0.3, -0.25) is 4.79 Å². The van der Waals surface area contributed by atoms with E-state index in [4.69, 9.17) is 0 Å². The van der Waals surface area contributed by atoms with Gasteiger partial charge >= 0.3 is 0 Å². The van der Waals surface area contributed by atoms with Gasteiger partial charge in [0.05, 0.1) is 9.77 Å². The van der Waals surface area contributed by atoms with Crippen LogP contribution in [0.25, 0.3) is 10.8 Å². The van der Waals surface area contributed by atoms with Gasteiger partial charge in [-0.05, 0) is 37.1 Å². The molecule has 1 saturated carbocycles. The van der Waals surface area contributed by atoms with Crippen LogP contribution in [0.15, 0.2) is 47.4 Å². The molecule has 2 aliphatic heterocycles. The Kier molecular flexibility index (Phi) is 5.78. The molecule has 166 valence electrons. The quantitative estimate of drug-likeness (QED) is 0.681. The van der Waals surface area contributed by atoms with E-state index in [0.29, 0.717) is 36.7 Å². The molecule has 0 aromatic heterocycles. The molecule has 2 saturated heterocycles. The van der Waals surface area contributed by atoms with E-state index in [9.17, 15) is 13.2 Å². The number of amides is 1. The number of sulfonamides is 1. The summed E-state index contributed by atoms with van der Waals surface area (Å²) in [6.07, 6.45) is 6.99. The van der Waals surface area contributed by atoms with Crippen LogP contribution in [0.5, 0.6) is 0 Å². The van der Waals surface area contributed by atoms with Crippen molar-refractivity contribution >= 4 is 38.5 Å². The van der Waals surface area contributed by atoms with Gasteiger partial charge in [0, 0.05) is 36.7 Å². The van der Waals surface area contributed by atoms with Crippen LogP contribution < -0.4 is 0 Å². The third-order valence-corrected chi connectivity index (χ3v) is 10.8. The highest BCUT2D eigenvalue weighted by Gasteiger charge is 2.49. The molecule has 2 heterocycles. The van der Waals surface area contributed by atoms with Crippen molar-refractivity contribution in [3.63, 3.8) is 0 Å². The Bertz CT molecular complexity index is 1070. The molecular formula is C24H30N2O3S2. The zero-order valence-electron chi connectivity index (χ0n) is 17.8. The van der Waals surface area contributed by atoms with E-state index >= 15 is 0 Å². The van der Waals surface area contributed by atoms with Gasteiger partial charge in [-0.15, -0.1) is 11.8 Å². The zero-order valence-corrected chi connectivity index (χ0v) is 19.5. The van der Waals surface area contributed by atoms with Crippen LogP contribution in [0.1, 0.15) is 44.9 Å². The Morgan fingerprint density at radius 1 is 0.935 bits per heavy atom. The van der Waals surface area contributed by atoms with Crippen LogP contribution in [0, 0.1) is 5.92 Å². The van der Waals surface area contributed by atoms with E-state index < -0.39 is 10.0 Å². The molecule has 2 aromatic rings. The van der Waals surface area contributed by atoms with Crippen LogP contribution in [0.2, 0.25) is 0 Å². The Balaban J connectivity index is 1.35. The summed E-state index contributed by atoms with van der Waals surface area (Å²) in [6, 6.07) is 13.1. The molecule has 5 nitrogen and oxygen atoms in total. The molecule has 0 unspecified atom stereocenters. The normalized spacial score (nSPS) is 22.9. The Labute approximate surface area is 189 Å². The maximum absolute atomic E-state index is 13.5. The molecule has 3 fully saturated rings. The number of benzene rings is 2. The van der Waals surface area contributed by atoms with Crippen LogP contribution >= 0.6 is 11.8 Å². The smallest absolute Gasteiger partial charge is 0.243 e. The average Bonchev–Trinajstić information content (AvgIpc) is 3.21. The second kappa shape index (κ2) is 8.41. The van der Waals surface area contributed by atoms with Crippen LogP contribution in [-0.4, -0.2) is 53.8 Å². The van der Waals surface area contributed by atoms with Crippen molar-refractivity contribution in [3.05, 3.63) is 42.5 Å². The fourth-order valence-corrected chi connectivity index (χ4v) is 8.66. The summed E-state index contributed by atoms with van der Waals surface area (Å²) in [5, 5.41) is 1.71. The second-order valence-corrected chi connectivity index (χ2v) is 12.4. The number of fused-ring (bicyclic) bond motifs is 1. The lowest BCUT2D eigenvalue weighted by molar-refractivity contribution is -0.140. The molecular weight excluding hydrogens is 428 g/mol. The molecule has 5 rings (SSSR count). The first-order chi connectivity index (χ1) is 15.0. The topological polar surface area (TPSA) is 57.7 Å². The van der Waals surface area contributed by atoms with Crippen molar-refractivity contribution in [2.75, 3.05) is 25.4 Å². The first kappa shape index (κ1) is 21.3. The fraction of sp³-hybridized carbons (Fsp3) is 0.542. The maximum atomic E-state index is 13.5. The standard InChI is InChI=1S/C24H30N2O3S2/c27-23(20-8-2-1-3-9-20)26-17-18-30-24(26)13-15-25(16-14-24)31(28,29)22-12-6-10-19-7-4-5-11-21(19)22/h4-7,10-12,20H,1-3,8-9,13-18H2. The van der Waals surface area contributed by atoms with Crippen LogP contribution in [0.4, 0.5) is 0 Å². The number of carbonyl (C=O) groups excluding carboxylic acids is 1. The lowest BCUT2D eigenvalue weighted by Gasteiger charge is -2.45. The van der Waals surface area contributed by atoms with Gasteiger partial charge in [-0.25, -0.2) is 8.42 Å². The number of rotatable bonds is 3. The first-order valence-electron chi connectivity index (χ1n) is 11.4. The van der Waals surface area contributed by atoms with Crippen molar-refractivity contribution in [1.29, 1.82) is 0 Å². The predicted molar refractivity (Wildman–Crippen MR) is 125 cm³/mol. The van der Waals surface area contributed by atoms with Crippen molar-refractivity contribution in [3.8, 4) is 0 Å². The number of nitrogens with zero attached hydrogens (tertiary/aromatic N) is 2. The molecule has 3 aliphatic rings. The number of carbonyl (C=O) groups is 1. The van der Waals surface area contributed by atoms with Gasteiger partial charge in [0.1, 0.15) is 0 Å². The molecule has 0 radical (unpaired) electrons. The molecule has 1 amide bonds. The van der Waals surface area contributed by atoms with Crippen molar-refractivity contribution < 1.29 is 13.2 Å². The summed E-state index contributed by atoms with van der Waals surface area (Å²) in [7, 11) is -3.57. The molecule has 1 spiro atoms. The van der Waals surface area contributed by atoms with Gasteiger partial charge < -0.3 is 4.90 Å². The molecule has 0 atom stereocenters. The number of hydrogen-bond acceptors (Lipinski definition) is 4. The first-order valence-corrected chi connectivity index (χ1v) is 13.9. The number of piperidine rings is 1. The maximum Gasteiger partial charge on any atom is 0.243 e. The van der Waals surface area contributed by atoms with Crippen molar-refractivity contribution in [2.45, 2.75) is 54.7 Å². The van der Waals surface area contributed by atoms with Crippen LogP contribution in [0.3, 0.4) is 0 Å². The monoisotopic (exact) mass is 458 g/mol. The van der Waals surface area contributed by atoms with E-state index in [0.717, 1.165) is 48.8 Å². The molecule has 2 aromatic carbocycles. The van der Waals surface area contributed by atoms with E-state index in [1.807, 2.05) is 48.2 Å². The van der Waals surface area contributed by atoms with Gasteiger partial charge in [-0.2, -0.15) is 4.31 Å². The van der Waals surface area contributed by atoms with Crippen molar-refractivity contribution in [1.82, 2.24) is 9.21 Å².